The molecule has 0 amide bonds. The van der Waals surface area contributed by atoms with Gasteiger partial charge in [-0.3, -0.25) is 0 Å². The molecule has 3 rings (SSSR count). The average Bonchev–Trinajstić information content (AvgIpc) is 2.97. The number of fused-ring (bicyclic) bond motifs is 1. The van der Waals surface area contributed by atoms with Gasteiger partial charge in [0.1, 0.15) is 0 Å². The molecular formula is C12H13N7O. The lowest BCUT2D eigenvalue weighted by molar-refractivity contribution is 0.396. The topological polar surface area (TPSA) is 90.1 Å². The van der Waals surface area contributed by atoms with Gasteiger partial charge in [0.15, 0.2) is 5.82 Å². The van der Waals surface area contributed by atoms with Crippen molar-refractivity contribution in [2.45, 2.75) is 6.42 Å². The summed E-state index contributed by atoms with van der Waals surface area (Å²) in [5.74, 6) is 1.27. The molecule has 8 nitrogen and oxygen atoms in total. The molecule has 3 aromatic heterocycles. The molecule has 0 unspecified atom stereocenters. The van der Waals surface area contributed by atoms with Crippen LogP contribution in [0.1, 0.15) is 5.69 Å². The molecule has 0 saturated carbocycles. The summed E-state index contributed by atoms with van der Waals surface area (Å²) in [6.07, 6.45) is 4.10. The van der Waals surface area contributed by atoms with Crippen LogP contribution >= 0.6 is 0 Å². The first kappa shape index (κ1) is 12.3. The maximum Gasteiger partial charge on any atom is 0.221 e. The molecule has 20 heavy (non-hydrogen) atoms. The molecule has 0 aromatic carbocycles. The van der Waals surface area contributed by atoms with Gasteiger partial charge in [-0.15, -0.1) is 5.10 Å². The molecule has 0 aliphatic heterocycles. The van der Waals surface area contributed by atoms with Crippen molar-refractivity contribution in [2.24, 2.45) is 0 Å². The first-order chi connectivity index (χ1) is 9.86. The largest absolute Gasteiger partial charge is 0.481 e. The number of rotatable bonds is 5. The number of anilines is 1. The summed E-state index contributed by atoms with van der Waals surface area (Å²) >= 11 is 0. The monoisotopic (exact) mass is 271 g/mol. The Morgan fingerprint density at radius 1 is 1.35 bits per heavy atom. The summed E-state index contributed by atoms with van der Waals surface area (Å²) in [7, 11) is 1.60. The van der Waals surface area contributed by atoms with Crippen LogP contribution in [0.3, 0.4) is 0 Å². The van der Waals surface area contributed by atoms with E-state index in [1.807, 2.05) is 18.2 Å². The molecule has 8 heteroatoms. The number of ether oxygens (including phenoxy) is 1. The van der Waals surface area contributed by atoms with Crippen molar-refractivity contribution in [1.29, 1.82) is 0 Å². The van der Waals surface area contributed by atoms with Crippen molar-refractivity contribution in [1.82, 2.24) is 30.0 Å². The first-order valence-corrected chi connectivity index (χ1v) is 6.13. The molecule has 0 fully saturated rings. The normalized spacial score (nSPS) is 10.7. The first-order valence-electron chi connectivity index (χ1n) is 6.13. The molecule has 0 aliphatic carbocycles. The third-order valence-corrected chi connectivity index (χ3v) is 2.78. The summed E-state index contributed by atoms with van der Waals surface area (Å²) < 4.78 is 6.66. The smallest absolute Gasteiger partial charge is 0.221 e. The van der Waals surface area contributed by atoms with Crippen LogP contribution < -0.4 is 10.1 Å². The number of methoxy groups -OCH3 is 1. The standard InChI is InChI=1S/C12H13N7O/c1-20-10-4-2-3-9(15-10)5-6-13-11-12-16-17-18-19(12)8-7-14-11/h2-4,7-8H,5-6H2,1H3,(H,13,14). The Labute approximate surface area is 114 Å². The zero-order valence-corrected chi connectivity index (χ0v) is 10.9. The Kier molecular flexibility index (Phi) is 3.36. The van der Waals surface area contributed by atoms with Crippen molar-refractivity contribution >= 4 is 11.5 Å². The van der Waals surface area contributed by atoms with Crippen molar-refractivity contribution in [3.05, 3.63) is 36.3 Å². The van der Waals surface area contributed by atoms with Crippen molar-refractivity contribution in [3.63, 3.8) is 0 Å². The van der Waals surface area contributed by atoms with Gasteiger partial charge in [0.05, 0.1) is 13.3 Å². The van der Waals surface area contributed by atoms with E-state index in [0.29, 0.717) is 23.9 Å². The van der Waals surface area contributed by atoms with E-state index in [9.17, 15) is 0 Å². The molecule has 102 valence electrons. The molecule has 3 heterocycles. The number of hydrogen-bond donors (Lipinski definition) is 1. The van der Waals surface area contributed by atoms with E-state index in [-0.39, 0.29) is 0 Å². The van der Waals surface area contributed by atoms with Crippen LogP contribution in [0.4, 0.5) is 5.82 Å². The summed E-state index contributed by atoms with van der Waals surface area (Å²) in [5, 5.41) is 14.5. The lowest BCUT2D eigenvalue weighted by Crippen LogP contribution is -2.09. The molecule has 0 aliphatic rings. The van der Waals surface area contributed by atoms with Crippen LogP contribution in [0.25, 0.3) is 5.65 Å². The molecule has 0 spiro atoms. The lowest BCUT2D eigenvalue weighted by atomic mass is 10.2. The second-order valence-corrected chi connectivity index (χ2v) is 4.07. The third-order valence-electron chi connectivity index (χ3n) is 2.78. The van der Waals surface area contributed by atoms with E-state index in [1.54, 1.807) is 24.0 Å². The number of hydrogen-bond acceptors (Lipinski definition) is 7. The predicted octanol–water partition coefficient (Wildman–Crippen LogP) is 0.577. The highest BCUT2D eigenvalue weighted by molar-refractivity contribution is 5.60. The highest BCUT2D eigenvalue weighted by Gasteiger charge is 2.05. The third kappa shape index (κ3) is 2.48. The molecule has 0 bridgehead atoms. The van der Waals surface area contributed by atoms with Crippen LogP contribution in [-0.4, -0.2) is 43.7 Å². The number of nitrogens with zero attached hydrogens (tertiary/aromatic N) is 6. The number of aromatic nitrogens is 6. The van der Waals surface area contributed by atoms with Gasteiger partial charge in [0.2, 0.25) is 11.5 Å². The van der Waals surface area contributed by atoms with Gasteiger partial charge in [0.25, 0.3) is 0 Å². The van der Waals surface area contributed by atoms with E-state index < -0.39 is 0 Å². The van der Waals surface area contributed by atoms with Crippen LogP contribution in [-0.2, 0) is 6.42 Å². The van der Waals surface area contributed by atoms with Gasteiger partial charge in [-0.25, -0.2) is 9.97 Å². The van der Waals surface area contributed by atoms with Crippen LogP contribution in [0.2, 0.25) is 0 Å². The van der Waals surface area contributed by atoms with E-state index in [1.165, 1.54) is 0 Å². The van der Waals surface area contributed by atoms with E-state index >= 15 is 0 Å². The van der Waals surface area contributed by atoms with Crippen molar-refractivity contribution in [3.8, 4) is 5.88 Å². The highest BCUT2D eigenvalue weighted by Crippen LogP contribution is 2.10. The molecule has 0 radical (unpaired) electrons. The minimum Gasteiger partial charge on any atom is -0.481 e. The average molecular weight is 271 g/mol. The SMILES string of the molecule is COc1cccc(CCNc2nccn3nnnc23)n1. The Balaban J connectivity index is 1.66. The fourth-order valence-corrected chi connectivity index (χ4v) is 1.82. The minimum absolute atomic E-state index is 0.603. The molecule has 3 aromatic rings. The number of pyridine rings is 1. The minimum atomic E-state index is 0.603. The highest BCUT2D eigenvalue weighted by atomic mass is 16.5. The predicted molar refractivity (Wildman–Crippen MR) is 71.6 cm³/mol. The Bertz CT molecular complexity index is 712. The van der Waals surface area contributed by atoms with Gasteiger partial charge in [0, 0.05) is 30.9 Å². The van der Waals surface area contributed by atoms with Crippen LogP contribution in [0.15, 0.2) is 30.6 Å². The van der Waals surface area contributed by atoms with E-state index in [2.05, 4.69) is 30.8 Å². The number of tetrazole rings is 1. The maximum absolute atomic E-state index is 5.09. The summed E-state index contributed by atoms with van der Waals surface area (Å²) in [5.41, 5.74) is 1.55. The second kappa shape index (κ2) is 5.47. The van der Waals surface area contributed by atoms with Gasteiger partial charge in [-0.2, -0.15) is 4.52 Å². The van der Waals surface area contributed by atoms with Crippen LogP contribution in [0.5, 0.6) is 5.88 Å². The zero-order chi connectivity index (χ0) is 13.8. The zero-order valence-electron chi connectivity index (χ0n) is 10.9. The Morgan fingerprint density at radius 3 is 3.20 bits per heavy atom. The fraction of sp³-hybridized carbons (Fsp3) is 0.250. The molecule has 0 saturated heterocycles. The Morgan fingerprint density at radius 2 is 2.30 bits per heavy atom. The van der Waals surface area contributed by atoms with Crippen molar-refractivity contribution < 1.29 is 4.74 Å². The van der Waals surface area contributed by atoms with Gasteiger partial charge < -0.3 is 10.1 Å². The second-order valence-electron chi connectivity index (χ2n) is 4.07. The summed E-state index contributed by atoms with van der Waals surface area (Å²) in [4.78, 5) is 8.57. The molecule has 1 N–H and O–H groups in total. The van der Waals surface area contributed by atoms with Gasteiger partial charge >= 0.3 is 0 Å². The van der Waals surface area contributed by atoms with E-state index in [4.69, 9.17) is 4.74 Å². The number of nitrogens with one attached hydrogen (secondary N) is 1. The quantitative estimate of drug-likeness (QED) is 0.725. The van der Waals surface area contributed by atoms with Gasteiger partial charge in [-0.05, 0) is 16.5 Å². The molecule has 0 atom stereocenters. The maximum atomic E-state index is 5.09. The van der Waals surface area contributed by atoms with E-state index in [0.717, 1.165) is 12.1 Å². The molecular weight excluding hydrogens is 258 g/mol. The summed E-state index contributed by atoms with van der Waals surface area (Å²) in [6, 6.07) is 5.69. The van der Waals surface area contributed by atoms with Crippen LogP contribution in [0, 0.1) is 0 Å². The Hall–Kier alpha value is -2.77. The van der Waals surface area contributed by atoms with Gasteiger partial charge in [-0.1, -0.05) is 6.07 Å². The lowest BCUT2D eigenvalue weighted by Gasteiger charge is -2.06. The summed E-state index contributed by atoms with van der Waals surface area (Å²) in [6.45, 7) is 0.680. The fourth-order valence-electron chi connectivity index (χ4n) is 1.82. The van der Waals surface area contributed by atoms with Crippen molar-refractivity contribution in [2.75, 3.05) is 19.0 Å².